The van der Waals surface area contributed by atoms with Gasteiger partial charge in [-0.1, -0.05) is 0 Å². The Bertz CT molecular complexity index is 971. The number of methoxy groups -OCH3 is 2. The van der Waals surface area contributed by atoms with Gasteiger partial charge in [-0.25, -0.2) is 9.29 Å². The highest BCUT2D eigenvalue weighted by molar-refractivity contribution is 6.33. The first kappa shape index (κ1) is 17.0. The van der Waals surface area contributed by atoms with Gasteiger partial charge in [0.25, 0.3) is 11.8 Å². The van der Waals surface area contributed by atoms with E-state index in [1.807, 2.05) is 0 Å². The van der Waals surface area contributed by atoms with Gasteiger partial charge in [-0.2, -0.15) is 0 Å². The highest BCUT2D eigenvalue weighted by Crippen LogP contribution is 2.39. The van der Waals surface area contributed by atoms with Gasteiger partial charge in [0.05, 0.1) is 31.2 Å². The third-order valence-corrected chi connectivity index (χ3v) is 4.45. The van der Waals surface area contributed by atoms with Crippen LogP contribution in [0.2, 0.25) is 0 Å². The summed E-state index contributed by atoms with van der Waals surface area (Å²) >= 11 is 0. The van der Waals surface area contributed by atoms with Crippen LogP contribution in [0.3, 0.4) is 0 Å². The first-order valence-electron chi connectivity index (χ1n) is 8.07. The minimum absolute atomic E-state index is 0.163. The minimum Gasteiger partial charge on any atom is -0.497 e. The number of nitrogens with one attached hydrogen (secondary N) is 1. The van der Waals surface area contributed by atoms with Gasteiger partial charge >= 0.3 is 0 Å². The molecule has 2 aliphatic heterocycles. The number of hydrogen-bond acceptors (Lipinski definition) is 6. The van der Waals surface area contributed by atoms with Crippen LogP contribution in [0.4, 0.5) is 10.1 Å². The zero-order valence-corrected chi connectivity index (χ0v) is 14.5. The average Bonchev–Trinajstić information content (AvgIpc) is 3.22. The Kier molecular flexibility index (Phi) is 4.04. The van der Waals surface area contributed by atoms with Gasteiger partial charge in [-0.05, 0) is 42.5 Å². The van der Waals surface area contributed by atoms with Gasteiger partial charge in [0.1, 0.15) is 17.3 Å². The monoisotopic (exact) mass is 370 g/mol. The third-order valence-electron chi connectivity index (χ3n) is 4.45. The van der Waals surface area contributed by atoms with Crippen molar-refractivity contribution in [3.8, 4) is 11.5 Å². The van der Waals surface area contributed by atoms with Crippen LogP contribution >= 0.6 is 0 Å². The van der Waals surface area contributed by atoms with E-state index in [0.29, 0.717) is 22.8 Å². The van der Waals surface area contributed by atoms with E-state index in [0.717, 1.165) is 4.90 Å². The summed E-state index contributed by atoms with van der Waals surface area (Å²) in [6, 6.07) is 10.2. The van der Waals surface area contributed by atoms with Crippen molar-refractivity contribution in [2.75, 3.05) is 19.1 Å². The second-order valence-electron chi connectivity index (χ2n) is 5.91. The number of carbonyl (C=O) groups excluding carboxylic acids is 2. The largest absolute Gasteiger partial charge is 0.497 e. The normalized spacial score (nSPS) is 18.6. The Labute approximate surface area is 153 Å². The Morgan fingerprint density at radius 3 is 2.48 bits per heavy atom. The molecule has 2 aromatic rings. The molecule has 8 heteroatoms. The number of nitrogens with zero attached hydrogens (tertiary/aromatic N) is 1. The maximum absolute atomic E-state index is 13.2. The van der Waals surface area contributed by atoms with Crippen LogP contribution in [0.15, 0.2) is 48.0 Å². The van der Waals surface area contributed by atoms with Gasteiger partial charge in [0.2, 0.25) is 0 Å². The average molecular weight is 370 g/mol. The zero-order chi connectivity index (χ0) is 19.1. The molecule has 0 aromatic heterocycles. The zero-order valence-electron chi connectivity index (χ0n) is 14.5. The summed E-state index contributed by atoms with van der Waals surface area (Å²) in [4.78, 5) is 32.0. The molecule has 4 rings (SSSR count). The molecular formula is C19H15FN2O5. The van der Waals surface area contributed by atoms with E-state index in [2.05, 4.69) is 5.48 Å². The fourth-order valence-electron chi connectivity index (χ4n) is 3.14. The second kappa shape index (κ2) is 6.40. The van der Waals surface area contributed by atoms with Gasteiger partial charge in [-0.15, -0.1) is 0 Å². The molecule has 7 nitrogen and oxygen atoms in total. The molecule has 1 atom stereocenters. The molecule has 1 fully saturated rings. The topological polar surface area (TPSA) is 77.1 Å². The maximum atomic E-state index is 13.2. The number of benzene rings is 2. The quantitative estimate of drug-likeness (QED) is 0.830. The van der Waals surface area contributed by atoms with E-state index in [-0.39, 0.29) is 11.3 Å². The number of anilines is 1. The van der Waals surface area contributed by atoms with Crippen LogP contribution in [0.1, 0.15) is 5.56 Å². The van der Waals surface area contributed by atoms with Crippen molar-refractivity contribution in [1.29, 1.82) is 0 Å². The number of rotatable bonds is 4. The lowest BCUT2D eigenvalue weighted by atomic mass is 10.0. The van der Waals surface area contributed by atoms with Gasteiger partial charge in [-0.3, -0.25) is 19.9 Å². The minimum atomic E-state index is -1.09. The summed E-state index contributed by atoms with van der Waals surface area (Å²) in [5, 5.41) is 0. The molecule has 1 N–H and O–H groups in total. The van der Waals surface area contributed by atoms with Crippen LogP contribution in [0.25, 0.3) is 5.70 Å². The van der Waals surface area contributed by atoms with Crippen LogP contribution in [-0.4, -0.2) is 32.1 Å². The Hall–Kier alpha value is -3.39. The molecule has 138 valence electrons. The first-order valence-corrected chi connectivity index (χ1v) is 8.07. The maximum Gasteiger partial charge on any atom is 0.270 e. The van der Waals surface area contributed by atoms with E-state index in [1.54, 1.807) is 18.2 Å². The van der Waals surface area contributed by atoms with Crippen molar-refractivity contribution in [1.82, 2.24) is 5.48 Å². The van der Waals surface area contributed by atoms with Crippen molar-refractivity contribution in [3.05, 3.63) is 59.4 Å². The molecule has 2 aliphatic rings. The lowest BCUT2D eigenvalue weighted by Gasteiger charge is -2.16. The standard InChI is InChI=1S/C19H15FN2O5/c1-25-12-7-8-14(26-2)13(9-12)16-15-17(27-21-16)19(24)22(18(15)23)11-5-3-10(20)4-6-11/h3-9,17,21H,1-2H3/t17-/m0/s1. The van der Waals surface area contributed by atoms with Crippen LogP contribution in [-0.2, 0) is 14.4 Å². The molecule has 0 spiro atoms. The SMILES string of the molecule is COc1ccc(OC)c(C2=C3C(=O)N(c4ccc(F)cc4)C(=O)[C@H]3ON2)c1. The summed E-state index contributed by atoms with van der Waals surface area (Å²) in [5.41, 5.74) is 3.95. The van der Waals surface area contributed by atoms with E-state index >= 15 is 0 Å². The summed E-state index contributed by atoms with van der Waals surface area (Å²) in [5.74, 6) is -0.517. The first-order chi connectivity index (χ1) is 13.0. The molecule has 0 unspecified atom stereocenters. The van der Waals surface area contributed by atoms with Crippen molar-refractivity contribution in [2.24, 2.45) is 0 Å². The fraction of sp³-hybridized carbons (Fsp3) is 0.158. The molecule has 0 aliphatic carbocycles. The smallest absolute Gasteiger partial charge is 0.270 e. The molecule has 2 amide bonds. The molecular weight excluding hydrogens is 355 g/mol. The van der Waals surface area contributed by atoms with Crippen molar-refractivity contribution >= 4 is 23.2 Å². The van der Waals surface area contributed by atoms with Gasteiger partial charge < -0.3 is 9.47 Å². The number of hydrogen-bond donors (Lipinski definition) is 1. The Morgan fingerprint density at radius 2 is 1.81 bits per heavy atom. The summed E-state index contributed by atoms with van der Waals surface area (Å²) in [6.07, 6.45) is -1.09. The number of hydroxylamine groups is 1. The van der Waals surface area contributed by atoms with E-state index in [1.165, 1.54) is 38.5 Å². The molecule has 2 aromatic carbocycles. The van der Waals surface area contributed by atoms with Crippen molar-refractivity contribution in [2.45, 2.75) is 6.10 Å². The number of ether oxygens (including phenoxy) is 2. The number of amides is 2. The Morgan fingerprint density at radius 1 is 1.07 bits per heavy atom. The van der Waals surface area contributed by atoms with Gasteiger partial charge in [0, 0.05) is 5.56 Å². The summed E-state index contributed by atoms with van der Waals surface area (Å²) in [6.45, 7) is 0. The highest BCUT2D eigenvalue weighted by atomic mass is 19.1. The summed E-state index contributed by atoms with van der Waals surface area (Å²) < 4.78 is 23.8. The molecule has 0 saturated carbocycles. The van der Waals surface area contributed by atoms with Crippen molar-refractivity contribution in [3.63, 3.8) is 0 Å². The molecule has 1 saturated heterocycles. The van der Waals surface area contributed by atoms with E-state index in [4.69, 9.17) is 14.3 Å². The lowest BCUT2D eigenvalue weighted by molar-refractivity contribution is -0.127. The molecule has 0 bridgehead atoms. The molecule has 2 heterocycles. The predicted octanol–water partition coefficient (Wildman–Crippen LogP) is 2.03. The van der Waals surface area contributed by atoms with Crippen LogP contribution in [0, 0.1) is 5.82 Å². The number of carbonyl (C=O) groups is 2. The van der Waals surface area contributed by atoms with Crippen LogP contribution < -0.4 is 19.9 Å². The van der Waals surface area contributed by atoms with Gasteiger partial charge in [0.15, 0.2) is 6.10 Å². The second-order valence-corrected chi connectivity index (χ2v) is 5.91. The lowest BCUT2D eigenvalue weighted by Crippen LogP contribution is -2.34. The number of halogens is 1. The summed E-state index contributed by atoms with van der Waals surface area (Å²) in [7, 11) is 3.02. The van der Waals surface area contributed by atoms with Crippen LogP contribution in [0.5, 0.6) is 11.5 Å². The predicted molar refractivity (Wildman–Crippen MR) is 93.4 cm³/mol. The number of imide groups is 1. The molecule has 0 radical (unpaired) electrons. The van der Waals surface area contributed by atoms with Crippen molar-refractivity contribution < 1.29 is 28.3 Å². The third kappa shape index (κ3) is 2.61. The molecule has 27 heavy (non-hydrogen) atoms. The van der Waals surface area contributed by atoms with E-state index in [9.17, 15) is 14.0 Å². The highest BCUT2D eigenvalue weighted by Gasteiger charge is 2.51. The fourth-order valence-corrected chi connectivity index (χ4v) is 3.14. The van der Waals surface area contributed by atoms with E-state index < -0.39 is 23.7 Å². The number of fused-ring (bicyclic) bond motifs is 1. The Balaban J connectivity index is 1.82.